The molecule has 2 fully saturated rings. The maximum Gasteiger partial charge on any atom is 0.215 e. The number of hydrogen-bond donors (Lipinski definition) is 0. The maximum absolute atomic E-state index is 6.58. The Kier molecular flexibility index (Phi) is 8.72. The van der Waals surface area contributed by atoms with Gasteiger partial charge < -0.3 is 23.7 Å². The highest BCUT2D eigenvalue weighted by Gasteiger charge is 2.45. The van der Waals surface area contributed by atoms with Crippen molar-refractivity contribution in [3.8, 4) is 5.75 Å². The van der Waals surface area contributed by atoms with E-state index in [1.807, 2.05) is 41.1 Å². The van der Waals surface area contributed by atoms with Crippen LogP contribution in [0.15, 0.2) is 85.5 Å². The molecule has 2 saturated heterocycles. The van der Waals surface area contributed by atoms with Crippen LogP contribution in [0.4, 0.5) is 5.69 Å². The van der Waals surface area contributed by atoms with Crippen molar-refractivity contribution in [2.24, 2.45) is 0 Å². The Bertz CT molecular complexity index is 1430. The fourth-order valence-electron chi connectivity index (χ4n) is 5.33. The van der Waals surface area contributed by atoms with Gasteiger partial charge in [-0.05, 0) is 54.1 Å². The molecule has 2 atom stereocenters. The average Bonchev–Trinajstić information content (AvgIpc) is 3.64. The van der Waals surface area contributed by atoms with E-state index in [1.165, 1.54) is 11.3 Å². The van der Waals surface area contributed by atoms with E-state index in [-0.39, 0.29) is 6.10 Å². The summed E-state index contributed by atoms with van der Waals surface area (Å²) in [5, 5.41) is 1.81. The van der Waals surface area contributed by atoms with Crippen molar-refractivity contribution < 1.29 is 14.2 Å². The molecule has 0 aliphatic carbocycles. The van der Waals surface area contributed by atoms with Gasteiger partial charge in [0.1, 0.15) is 18.5 Å². The van der Waals surface area contributed by atoms with E-state index in [9.17, 15) is 0 Å². The highest BCUT2D eigenvalue weighted by Crippen LogP contribution is 2.40. The van der Waals surface area contributed by atoms with Gasteiger partial charge in [-0.1, -0.05) is 53.0 Å². The second-order valence-corrected chi connectivity index (χ2v) is 11.6. The first-order chi connectivity index (χ1) is 20.0. The van der Waals surface area contributed by atoms with E-state index in [2.05, 4.69) is 39.0 Å². The van der Waals surface area contributed by atoms with Crippen LogP contribution >= 0.6 is 34.8 Å². The van der Waals surface area contributed by atoms with E-state index in [4.69, 9.17) is 49.0 Å². The average molecular weight is 614 g/mol. The molecule has 0 saturated carbocycles. The first kappa shape index (κ1) is 28.3. The lowest BCUT2D eigenvalue weighted by molar-refractivity contribution is -0.189. The first-order valence-corrected chi connectivity index (χ1v) is 14.8. The minimum atomic E-state index is -1.07. The largest absolute Gasteiger partial charge is 0.491 e. The molecule has 0 spiro atoms. The molecule has 10 heteroatoms. The molecule has 0 bridgehead atoms. The van der Waals surface area contributed by atoms with E-state index >= 15 is 0 Å². The molecule has 0 amide bonds. The Hall–Kier alpha value is -2.78. The third-order valence-electron chi connectivity index (χ3n) is 7.48. The lowest BCUT2D eigenvalue weighted by Gasteiger charge is -2.36. The van der Waals surface area contributed by atoms with Gasteiger partial charge in [-0.15, -0.1) is 0 Å². The Morgan fingerprint density at radius 2 is 1.66 bits per heavy atom. The standard InChI is InChI=1S/C31H31Cl3N4O3/c32-24-3-1-23(2-4-24)18-36-13-15-38(16-14-36)26-6-8-27(9-7-26)39-19-28-20-40-31(41-28,21-37-12-11-35-22-37)29-10-5-25(33)17-30(29)34/h1-12,17,22,28H,13-16,18-21H2. The molecule has 6 rings (SSSR count). The molecule has 2 aliphatic rings. The molecular weight excluding hydrogens is 583 g/mol. The van der Waals surface area contributed by atoms with Gasteiger partial charge in [0.25, 0.3) is 0 Å². The van der Waals surface area contributed by atoms with E-state index in [1.54, 1.807) is 24.7 Å². The molecule has 0 radical (unpaired) electrons. The van der Waals surface area contributed by atoms with Crippen LogP contribution in [-0.2, 0) is 28.4 Å². The van der Waals surface area contributed by atoms with Gasteiger partial charge in [-0.2, -0.15) is 0 Å². The summed E-state index contributed by atoms with van der Waals surface area (Å²) in [6, 6.07) is 21.7. The quantitative estimate of drug-likeness (QED) is 0.215. The fraction of sp³-hybridized carbons (Fsp3) is 0.323. The molecule has 41 heavy (non-hydrogen) atoms. The number of ether oxygens (including phenoxy) is 3. The third kappa shape index (κ3) is 6.83. The fourth-order valence-corrected chi connectivity index (χ4v) is 6.01. The van der Waals surface area contributed by atoms with Gasteiger partial charge >= 0.3 is 0 Å². The maximum atomic E-state index is 6.58. The van der Waals surface area contributed by atoms with Crippen LogP contribution in [0.5, 0.6) is 5.75 Å². The predicted octanol–water partition coefficient (Wildman–Crippen LogP) is 6.51. The number of piperazine rings is 1. The molecular formula is C31H31Cl3N4O3. The van der Waals surface area contributed by atoms with Crippen molar-refractivity contribution in [3.63, 3.8) is 0 Å². The van der Waals surface area contributed by atoms with Gasteiger partial charge in [0.15, 0.2) is 0 Å². The predicted molar refractivity (Wildman–Crippen MR) is 162 cm³/mol. The molecule has 3 heterocycles. The molecule has 2 aliphatic heterocycles. The first-order valence-electron chi connectivity index (χ1n) is 13.6. The Balaban J connectivity index is 1.03. The summed E-state index contributed by atoms with van der Waals surface area (Å²) in [6.45, 7) is 6.04. The van der Waals surface area contributed by atoms with Gasteiger partial charge in [-0.3, -0.25) is 4.90 Å². The van der Waals surface area contributed by atoms with Gasteiger partial charge in [-0.25, -0.2) is 4.98 Å². The van der Waals surface area contributed by atoms with Crippen molar-refractivity contribution in [3.05, 3.63) is 112 Å². The molecule has 3 aromatic carbocycles. The number of anilines is 1. The zero-order valence-electron chi connectivity index (χ0n) is 22.5. The van der Waals surface area contributed by atoms with Crippen LogP contribution in [0.3, 0.4) is 0 Å². The van der Waals surface area contributed by atoms with Crippen LogP contribution in [0, 0.1) is 0 Å². The topological polar surface area (TPSA) is 52.0 Å². The van der Waals surface area contributed by atoms with Crippen LogP contribution in [0.2, 0.25) is 15.1 Å². The zero-order chi connectivity index (χ0) is 28.2. The summed E-state index contributed by atoms with van der Waals surface area (Å²) < 4.78 is 20.8. The highest BCUT2D eigenvalue weighted by molar-refractivity contribution is 6.35. The smallest absolute Gasteiger partial charge is 0.215 e. The second kappa shape index (κ2) is 12.6. The van der Waals surface area contributed by atoms with Gasteiger partial charge in [0.05, 0.1) is 24.5 Å². The summed E-state index contributed by atoms with van der Waals surface area (Å²) in [5.41, 5.74) is 3.20. The van der Waals surface area contributed by atoms with Gasteiger partial charge in [0.2, 0.25) is 5.79 Å². The van der Waals surface area contributed by atoms with E-state index < -0.39 is 5.79 Å². The molecule has 0 N–H and O–H groups in total. The number of halogens is 3. The van der Waals surface area contributed by atoms with Crippen LogP contribution in [0.1, 0.15) is 11.1 Å². The second-order valence-electron chi connectivity index (χ2n) is 10.4. The minimum absolute atomic E-state index is 0.279. The van der Waals surface area contributed by atoms with Crippen molar-refractivity contribution in [2.45, 2.75) is 25.0 Å². The number of rotatable bonds is 9. The zero-order valence-corrected chi connectivity index (χ0v) is 24.7. The molecule has 1 aromatic heterocycles. The summed E-state index contributed by atoms with van der Waals surface area (Å²) >= 11 is 18.7. The van der Waals surface area contributed by atoms with Gasteiger partial charge in [0, 0.05) is 66.4 Å². The Morgan fingerprint density at radius 1 is 0.902 bits per heavy atom. The van der Waals surface area contributed by atoms with Crippen LogP contribution < -0.4 is 9.64 Å². The lowest BCUT2D eigenvalue weighted by Crippen LogP contribution is -2.45. The summed E-state index contributed by atoms with van der Waals surface area (Å²) in [4.78, 5) is 9.04. The number of nitrogens with zero attached hydrogens (tertiary/aromatic N) is 4. The number of aromatic nitrogens is 2. The number of imidazole rings is 1. The highest BCUT2D eigenvalue weighted by atomic mass is 35.5. The number of benzene rings is 3. The SMILES string of the molecule is Clc1ccc(CN2CCN(c3ccc(OCC4COC(Cn5ccnc5)(c5ccc(Cl)cc5Cl)O4)cc3)CC2)cc1. The van der Waals surface area contributed by atoms with E-state index in [0.717, 1.165) is 49.1 Å². The Labute approximate surface area is 255 Å². The molecule has 4 aromatic rings. The number of hydrogen-bond acceptors (Lipinski definition) is 6. The van der Waals surface area contributed by atoms with E-state index in [0.29, 0.717) is 29.8 Å². The Morgan fingerprint density at radius 3 is 2.37 bits per heavy atom. The monoisotopic (exact) mass is 612 g/mol. The van der Waals surface area contributed by atoms with Crippen molar-refractivity contribution in [2.75, 3.05) is 44.3 Å². The third-order valence-corrected chi connectivity index (χ3v) is 8.28. The molecule has 214 valence electrons. The summed E-state index contributed by atoms with van der Waals surface area (Å²) in [5.74, 6) is -0.286. The minimum Gasteiger partial charge on any atom is -0.491 e. The van der Waals surface area contributed by atoms with Crippen molar-refractivity contribution in [1.82, 2.24) is 14.5 Å². The van der Waals surface area contributed by atoms with Crippen LogP contribution in [-0.4, -0.2) is 59.9 Å². The normalized spacial score (nSPS) is 21.3. The van der Waals surface area contributed by atoms with Crippen LogP contribution in [0.25, 0.3) is 0 Å². The molecule has 2 unspecified atom stereocenters. The molecule has 7 nitrogen and oxygen atoms in total. The lowest BCUT2D eigenvalue weighted by atomic mass is 10.1. The summed E-state index contributed by atoms with van der Waals surface area (Å²) in [7, 11) is 0. The van der Waals surface area contributed by atoms with Crippen molar-refractivity contribution in [1.29, 1.82) is 0 Å². The van der Waals surface area contributed by atoms with Crippen molar-refractivity contribution >= 4 is 40.5 Å². The summed E-state index contributed by atoms with van der Waals surface area (Å²) in [6.07, 6.45) is 5.03.